The normalized spacial score (nSPS) is 22.3. The number of likely N-dealkylation sites (tertiary alicyclic amines) is 1. The molecule has 0 aromatic rings. The van der Waals surface area contributed by atoms with Crippen LogP contribution >= 0.6 is 0 Å². The third-order valence-electron chi connectivity index (χ3n) is 4.32. The first kappa shape index (κ1) is 16.7. The van der Waals surface area contributed by atoms with Crippen molar-refractivity contribution in [1.82, 2.24) is 10.2 Å². The highest BCUT2D eigenvalue weighted by Gasteiger charge is 2.24. The van der Waals surface area contributed by atoms with Crippen molar-refractivity contribution in [2.45, 2.75) is 57.7 Å². The minimum absolute atomic E-state index is 0.0822. The second-order valence-electron chi connectivity index (χ2n) is 6.13. The highest BCUT2D eigenvalue weighted by molar-refractivity contribution is 5.71. The summed E-state index contributed by atoms with van der Waals surface area (Å²) in [6, 6.07) is 0. The smallest absolute Gasteiger partial charge is 0.320 e. The van der Waals surface area contributed by atoms with Gasteiger partial charge in [0.05, 0.1) is 25.4 Å². The molecule has 2 aliphatic rings. The molecule has 122 valence electrons. The number of hydrogen-bond acceptors (Lipinski definition) is 5. The van der Waals surface area contributed by atoms with Crippen LogP contribution in [0.25, 0.3) is 0 Å². The summed E-state index contributed by atoms with van der Waals surface area (Å²) >= 11 is 0. The van der Waals surface area contributed by atoms with E-state index in [1.807, 2.05) is 0 Å². The summed E-state index contributed by atoms with van der Waals surface area (Å²) in [5, 5.41) is 3.36. The van der Waals surface area contributed by atoms with Gasteiger partial charge in [-0.1, -0.05) is 13.3 Å². The van der Waals surface area contributed by atoms with Crippen molar-refractivity contribution in [2.24, 2.45) is 0 Å². The molecule has 2 fully saturated rings. The summed E-state index contributed by atoms with van der Waals surface area (Å²) in [5.41, 5.74) is 0. The fourth-order valence-electron chi connectivity index (χ4n) is 2.97. The van der Waals surface area contributed by atoms with E-state index in [2.05, 4.69) is 17.1 Å². The molecular weight excluding hydrogens is 268 g/mol. The Morgan fingerprint density at radius 2 is 1.81 bits per heavy atom. The van der Waals surface area contributed by atoms with Crippen LogP contribution in [0.5, 0.6) is 0 Å². The van der Waals surface area contributed by atoms with Crippen molar-refractivity contribution in [3.05, 3.63) is 0 Å². The predicted octanol–water partition coefficient (Wildman–Crippen LogP) is 1.56. The van der Waals surface area contributed by atoms with E-state index >= 15 is 0 Å². The maximum Gasteiger partial charge on any atom is 0.320 e. The first-order chi connectivity index (χ1) is 10.3. The molecule has 0 saturated carbocycles. The summed E-state index contributed by atoms with van der Waals surface area (Å²) < 4.78 is 11.4. The van der Waals surface area contributed by atoms with E-state index in [0.29, 0.717) is 25.4 Å². The molecular formula is C16H30N2O3. The van der Waals surface area contributed by atoms with Gasteiger partial charge in [0.2, 0.25) is 0 Å². The molecule has 2 aliphatic heterocycles. The Balaban J connectivity index is 1.58. The lowest BCUT2D eigenvalue weighted by molar-refractivity contribution is -0.146. The van der Waals surface area contributed by atoms with Gasteiger partial charge in [0.25, 0.3) is 0 Å². The molecule has 21 heavy (non-hydrogen) atoms. The van der Waals surface area contributed by atoms with Gasteiger partial charge in [-0.3, -0.25) is 9.69 Å². The van der Waals surface area contributed by atoms with E-state index in [1.54, 1.807) is 0 Å². The van der Waals surface area contributed by atoms with Crippen molar-refractivity contribution < 1.29 is 14.3 Å². The Kier molecular flexibility index (Phi) is 7.47. The van der Waals surface area contributed by atoms with Crippen LogP contribution in [0.1, 0.15) is 45.4 Å². The zero-order valence-corrected chi connectivity index (χ0v) is 13.3. The van der Waals surface area contributed by atoms with Gasteiger partial charge in [-0.05, 0) is 45.2 Å². The maximum absolute atomic E-state index is 11.7. The third kappa shape index (κ3) is 6.32. The first-order valence-corrected chi connectivity index (χ1v) is 8.52. The number of carbonyl (C=O) groups is 1. The van der Waals surface area contributed by atoms with Gasteiger partial charge in [0, 0.05) is 13.1 Å². The number of unbranched alkanes of at least 4 members (excludes halogenated alkanes) is 1. The van der Waals surface area contributed by atoms with Crippen molar-refractivity contribution in [3.63, 3.8) is 0 Å². The highest BCUT2D eigenvalue weighted by Crippen LogP contribution is 2.18. The molecule has 5 nitrogen and oxygen atoms in total. The number of piperidine rings is 2. The number of ether oxygens (including phenoxy) is 2. The number of esters is 1. The molecule has 0 spiro atoms. The fraction of sp³-hybridized carbons (Fsp3) is 0.938. The first-order valence-electron chi connectivity index (χ1n) is 8.52. The van der Waals surface area contributed by atoms with Crippen molar-refractivity contribution in [1.29, 1.82) is 0 Å². The van der Waals surface area contributed by atoms with Gasteiger partial charge in [-0.25, -0.2) is 0 Å². The fourth-order valence-corrected chi connectivity index (χ4v) is 2.97. The highest BCUT2D eigenvalue weighted by atomic mass is 16.5. The molecule has 5 heteroatoms. The SMILES string of the molecule is CCCCOC(=O)CN1CCC(OC2CCNCC2)CC1. The maximum atomic E-state index is 11.7. The van der Waals surface area contributed by atoms with Crippen LogP contribution in [0.2, 0.25) is 0 Å². The monoisotopic (exact) mass is 298 g/mol. The second-order valence-corrected chi connectivity index (χ2v) is 6.13. The zero-order valence-electron chi connectivity index (χ0n) is 13.3. The Hall–Kier alpha value is -0.650. The lowest BCUT2D eigenvalue weighted by Gasteiger charge is -2.34. The molecule has 0 unspecified atom stereocenters. The van der Waals surface area contributed by atoms with Gasteiger partial charge in [-0.2, -0.15) is 0 Å². The van der Waals surface area contributed by atoms with Crippen LogP contribution in [0.4, 0.5) is 0 Å². The van der Waals surface area contributed by atoms with Crippen LogP contribution in [0.15, 0.2) is 0 Å². The van der Waals surface area contributed by atoms with Crippen LogP contribution in [-0.2, 0) is 14.3 Å². The van der Waals surface area contributed by atoms with Gasteiger partial charge in [-0.15, -0.1) is 0 Å². The van der Waals surface area contributed by atoms with Crippen LogP contribution in [-0.4, -0.2) is 62.4 Å². The summed E-state index contributed by atoms with van der Waals surface area (Å²) in [5.74, 6) is -0.0822. The summed E-state index contributed by atoms with van der Waals surface area (Å²) in [6.45, 7) is 7.13. The number of rotatable bonds is 7. The lowest BCUT2D eigenvalue weighted by Crippen LogP contribution is -2.42. The van der Waals surface area contributed by atoms with Crippen molar-refractivity contribution in [2.75, 3.05) is 39.3 Å². The van der Waals surface area contributed by atoms with E-state index in [0.717, 1.165) is 64.7 Å². The lowest BCUT2D eigenvalue weighted by atomic mass is 10.1. The largest absolute Gasteiger partial charge is 0.465 e. The molecule has 0 radical (unpaired) electrons. The number of nitrogens with zero attached hydrogens (tertiary/aromatic N) is 1. The Morgan fingerprint density at radius 3 is 2.48 bits per heavy atom. The Labute approximate surface area is 128 Å². The van der Waals surface area contributed by atoms with Crippen LogP contribution in [0, 0.1) is 0 Å². The molecule has 1 N–H and O–H groups in total. The summed E-state index contributed by atoms with van der Waals surface area (Å²) in [6.07, 6.45) is 7.15. The number of nitrogens with one attached hydrogen (secondary N) is 1. The molecule has 0 bridgehead atoms. The van der Waals surface area contributed by atoms with E-state index in [1.165, 1.54) is 0 Å². The molecule has 2 rings (SSSR count). The van der Waals surface area contributed by atoms with Crippen LogP contribution < -0.4 is 5.32 Å². The number of carbonyl (C=O) groups excluding carboxylic acids is 1. The van der Waals surface area contributed by atoms with Crippen LogP contribution in [0.3, 0.4) is 0 Å². The molecule has 0 aromatic carbocycles. The summed E-state index contributed by atoms with van der Waals surface area (Å²) in [7, 11) is 0. The average Bonchev–Trinajstić information content (AvgIpc) is 2.51. The quantitative estimate of drug-likeness (QED) is 0.571. The van der Waals surface area contributed by atoms with Gasteiger partial charge in [0.1, 0.15) is 0 Å². The second kappa shape index (κ2) is 9.38. The van der Waals surface area contributed by atoms with Gasteiger partial charge in [0.15, 0.2) is 0 Å². The van der Waals surface area contributed by atoms with E-state index in [4.69, 9.17) is 9.47 Å². The number of hydrogen-bond donors (Lipinski definition) is 1. The third-order valence-corrected chi connectivity index (χ3v) is 4.32. The van der Waals surface area contributed by atoms with Crippen molar-refractivity contribution >= 4 is 5.97 Å². The zero-order chi connectivity index (χ0) is 14.9. The van der Waals surface area contributed by atoms with E-state index < -0.39 is 0 Å². The minimum atomic E-state index is -0.0822. The van der Waals surface area contributed by atoms with E-state index in [-0.39, 0.29) is 5.97 Å². The predicted molar refractivity (Wildman–Crippen MR) is 82.3 cm³/mol. The minimum Gasteiger partial charge on any atom is -0.465 e. The van der Waals surface area contributed by atoms with E-state index in [9.17, 15) is 4.79 Å². The molecule has 0 aromatic heterocycles. The Bertz CT molecular complexity index is 298. The van der Waals surface area contributed by atoms with Gasteiger partial charge >= 0.3 is 5.97 Å². The molecule has 2 heterocycles. The Morgan fingerprint density at radius 1 is 1.14 bits per heavy atom. The topological polar surface area (TPSA) is 50.8 Å². The molecule has 0 aliphatic carbocycles. The van der Waals surface area contributed by atoms with Gasteiger partial charge < -0.3 is 14.8 Å². The summed E-state index contributed by atoms with van der Waals surface area (Å²) in [4.78, 5) is 13.9. The standard InChI is InChI=1S/C16H30N2O3/c1-2-3-12-20-16(19)13-18-10-6-15(7-11-18)21-14-4-8-17-9-5-14/h14-15,17H,2-13H2,1H3. The molecule has 2 saturated heterocycles. The molecule has 0 amide bonds. The average molecular weight is 298 g/mol. The van der Waals surface area contributed by atoms with Crippen molar-refractivity contribution in [3.8, 4) is 0 Å². The molecule has 0 atom stereocenters.